The highest BCUT2D eigenvalue weighted by molar-refractivity contribution is 7.98. The summed E-state index contributed by atoms with van der Waals surface area (Å²) in [7, 11) is 0. The molecule has 0 amide bonds. The van der Waals surface area contributed by atoms with E-state index < -0.39 is 11.9 Å². The zero-order valence-corrected chi connectivity index (χ0v) is 12.1. The fraction of sp³-hybridized carbons (Fsp3) is 0.385. The number of rotatable bonds is 6. The van der Waals surface area contributed by atoms with Gasteiger partial charge in [0.1, 0.15) is 10.8 Å². The first kappa shape index (κ1) is 15.7. The van der Waals surface area contributed by atoms with Gasteiger partial charge in [-0.25, -0.2) is 9.97 Å². The lowest BCUT2D eigenvalue weighted by Crippen LogP contribution is -2.13. The van der Waals surface area contributed by atoms with Crippen molar-refractivity contribution in [2.24, 2.45) is 0 Å². The molecule has 0 radical (unpaired) electrons. The molecule has 0 aromatic carbocycles. The van der Waals surface area contributed by atoms with E-state index in [2.05, 4.69) is 15.3 Å². The molecule has 2 heterocycles. The predicted molar refractivity (Wildman–Crippen MR) is 74.1 cm³/mol. The van der Waals surface area contributed by atoms with Gasteiger partial charge in [0.05, 0.1) is 12.0 Å². The fourth-order valence-corrected chi connectivity index (χ4v) is 2.30. The van der Waals surface area contributed by atoms with Gasteiger partial charge in [-0.15, -0.1) is 0 Å². The van der Waals surface area contributed by atoms with E-state index in [0.717, 1.165) is 12.5 Å². The summed E-state index contributed by atoms with van der Waals surface area (Å²) >= 11 is 1.17. The van der Waals surface area contributed by atoms with Crippen LogP contribution in [0.1, 0.15) is 24.8 Å². The molecule has 2 aromatic heterocycles. The SMILES string of the molecule is CCCNc1nc(SCc2ccco2)cc(C(F)(F)F)n1. The van der Waals surface area contributed by atoms with Crippen molar-refractivity contribution in [1.82, 2.24) is 9.97 Å². The Morgan fingerprint density at radius 2 is 2.14 bits per heavy atom. The number of alkyl halides is 3. The Morgan fingerprint density at radius 3 is 2.76 bits per heavy atom. The van der Waals surface area contributed by atoms with Crippen LogP contribution in [-0.2, 0) is 11.9 Å². The first-order valence-corrected chi connectivity index (χ1v) is 7.33. The van der Waals surface area contributed by atoms with Crippen molar-refractivity contribution in [2.45, 2.75) is 30.3 Å². The van der Waals surface area contributed by atoms with Crippen LogP contribution in [0.2, 0.25) is 0 Å². The van der Waals surface area contributed by atoms with Gasteiger partial charge in [0, 0.05) is 12.6 Å². The first-order chi connectivity index (χ1) is 9.99. The number of anilines is 1. The van der Waals surface area contributed by atoms with Crippen molar-refractivity contribution >= 4 is 17.7 Å². The van der Waals surface area contributed by atoms with E-state index in [-0.39, 0.29) is 11.0 Å². The Labute approximate surface area is 124 Å². The van der Waals surface area contributed by atoms with E-state index in [0.29, 0.717) is 18.1 Å². The maximum atomic E-state index is 12.8. The smallest absolute Gasteiger partial charge is 0.433 e. The highest BCUT2D eigenvalue weighted by atomic mass is 32.2. The molecule has 0 aliphatic heterocycles. The third-order valence-electron chi connectivity index (χ3n) is 2.47. The monoisotopic (exact) mass is 317 g/mol. The Morgan fingerprint density at radius 1 is 1.33 bits per heavy atom. The molecule has 1 N–H and O–H groups in total. The van der Waals surface area contributed by atoms with Gasteiger partial charge in [0.25, 0.3) is 0 Å². The van der Waals surface area contributed by atoms with E-state index in [1.165, 1.54) is 18.0 Å². The van der Waals surface area contributed by atoms with Gasteiger partial charge in [-0.2, -0.15) is 13.2 Å². The average Bonchev–Trinajstić information content (AvgIpc) is 2.95. The molecule has 0 aliphatic rings. The molecule has 0 spiro atoms. The first-order valence-electron chi connectivity index (χ1n) is 6.34. The van der Waals surface area contributed by atoms with Gasteiger partial charge in [-0.05, 0) is 18.6 Å². The van der Waals surface area contributed by atoms with E-state index in [1.807, 2.05) is 6.92 Å². The Bertz CT molecular complexity index is 573. The zero-order valence-electron chi connectivity index (χ0n) is 11.3. The minimum atomic E-state index is -4.49. The summed E-state index contributed by atoms with van der Waals surface area (Å²) in [5.41, 5.74) is -0.946. The molecule has 21 heavy (non-hydrogen) atoms. The van der Waals surface area contributed by atoms with Crippen molar-refractivity contribution in [3.05, 3.63) is 35.9 Å². The second-order valence-corrected chi connectivity index (χ2v) is 5.20. The normalized spacial score (nSPS) is 11.6. The van der Waals surface area contributed by atoms with Crippen molar-refractivity contribution < 1.29 is 17.6 Å². The maximum Gasteiger partial charge on any atom is 0.433 e. The number of thioether (sulfide) groups is 1. The van der Waals surface area contributed by atoms with E-state index in [4.69, 9.17) is 4.42 Å². The number of aromatic nitrogens is 2. The highest BCUT2D eigenvalue weighted by Gasteiger charge is 2.33. The lowest BCUT2D eigenvalue weighted by atomic mass is 10.4. The molecule has 0 fully saturated rings. The Kier molecular flexibility index (Phi) is 5.11. The second kappa shape index (κ2) is 6.84. The van der Waals surface area contributed by atoms with Crippen LogP contribution in [-0.4, -0.2) is 16.5 Å². The molecule has 0 bridgehead atoms. The molecule has 114 valence electrons. The van der Waals surface area contributed by atoms with Gasteiger partial charge >= 0.3 is 6.18 Å². The van der Waals surface area contributed by atoms with Crippen LogP contribution in [0.3, 0.4) is 0 Å². The minimum Gasteiger partial charge on any atom is -0.468 e. The van der Waals surface area contributed by atoms with Crippen LogP contribution in [0.15, 0.2) is 33.9 Å². The third-order valence-corrected chi connectivity index (χ3v) is 3.40. The van der Waals surface area contributed by atoms with Gasteiger partial charge in [0.2, 0.25) is 5.95 Å². The summed E-state index contributed by atoms with van der Waals surface area (Å²) in [6.07, 6.45) is -2.20. The highest BCUT2D eigenvalue weighted by Crippen LogP contribution is 2.31. The van der Waals surface area contributed by atoms with E-state index in [1.54, 1.807) is 12.1 Å². The number of nitrogens with one attached hydrogen (secondary N) is 1. The molecule has 0 unspecified atom stereocenters. The van der Waals surface area contributed by atoms with Gasteiger partial charge < -0.3 is 9.73 Å². The van der Waals surface area contributed by atoms with Crippen LogP contribution >= 0.6 is 11.8 Å². The van der Waals surface area contributed by atoms with Crippen LogP contribution in [0.5, 0.6) is 0 Å². The largest absolute Gasteiger partial charge is 0.468 e. The number of halogens is 3. The van der Waals surface area contributed by atoms with Crippen molar-refractivity contribution in [3.8, 4) is 0 Å². The maximum absolute atomic E-state index is 12.8. The van der Waals surface area contributed by atoms with Crippen molar-refractivity contribution in [2.75, 3.05) is 11.9 Å². The average molecular weight is 317 g/mol. The third kappa shape index (κ3) is 4.66. The molecule has 8 heteroatoms. The van der Waals surface area contributed by atoms with E-state index in [9.17, 15) is 13.2 Å². The quantitative estimate of drug-likeness (QED) is 0.639. The summed E-state index contributed by atoms with van der Waals surface area (Å²) in [5, 5.41) is 3.04. The number of hydrogen-bond donors (Lipinski definition) is 1. The van der Waals surface area contributed by atoms with Crippen molar-refractivity contribution in [3.63, 3.8) is 0 Å². The molecule has 4 nitrogen and oxygen atoms in total. The second-order valence-electron chi connectivity index (χ2n) is 4.21. The lowest BCUT2D eigenvalue weighted by molar-refractivity contribution is -0.141. The minimum absolute atomic E-state index is 0.00591. The van der Waals surface area contributed by atoms with Crippen LogP contribution in [0, 0.1) is 0 Å². The van der Waals surface area contributed by atoms with Gasteiger partial charge in [0.15, 0.2) is 5.69 Å². The van der Waals surface area contributed by atoms with Gasteiger partial charge in [-0.1, -0.05) is 18.7 Å². The molecule has 2 rings (SSSR count). The Balaban J connectivity index is 2.17. The fourth-order valence-electron chi connectivity index (χ4n) is 1.50. The number of furan rings is 1. The van der Waals surface area contributed by atoms with Crippen LogP contribution < -0.4 is 5.32 Å². The standard InChI is InChI=1S/C13H14F3N3OS/c1-2-5-17-12-18-10(13(14,15)16)7-11(19-12)21-8-9-4-3-6-20-9/h3-4,6-7H,2,5,8H2,1H3,(H,17,18,19). The molecular formula is C13H14F3N3OS. The van der Waals surface area contributed by atoms with Crippen molar-refractivity contribution in [1.29, 1.82) is 0 Å². The topological polar surface area (TPSA) is 51.0 Å². The molecule has 0 saturated carbocycles. The molecular weight excluding hydrogens is 303 g/mol. The summed E-state index contributed by atoms with van der Waals surface area (Å²) < 4.78 is 43.7. The Hall–Kier alpha value is -1.70. The van der Waals surface area contributed by atoms with Gasteiger partial charge in [-0.3, -0.25) is 0 Å². The summed E-state index contributed by atoms with van der Waals surface area (Å²) in [6.45, 7) is 2.43. The molecule has 0 saturated heterocycles. The summed E-state index contributed by atoms with van der Waals surface area (Å²) in [5.74, 6) is 1.08. The summed E-state index contributed by atoms with van der Waals surface area (Å²) in [4.78, 5) is 7.59. The van der Waals surface area contributed by atoms with Crippen LogP contribution in [0.4, 0.5) is 19.1 Å². The van der Waals surface area contributed by atoms with E-state index >= 15 is 0 Å². The zero-order chi connectivity index (χ0) is 15.3. The molecule has 0 atom stereocenters. The summed E-state index contributed by atoms with van der Waals surface area (Å²) in [6, 6.07) is 4.44. The molecule has 0 aliphatic carbocycles. The van der Waals surface area contributed by atoms with Crippen LogP contribution in [0.25, 0.3) is 0 Å². The lowest BCUT2D eigenvalue weighted by Gasteiger charge is -2.10. The predicted octanol–water partition coefficient (Wildman–Crippen LogP) is 4.20. The molecule has 2 aromatic rings. The number of hydrogen-bond acceptors (Lipinski definition) is 5. The number of nitrogens with zero attached hydrogens (tertiary/aromatic N) is 2.